The topological polar surface area (TPSA) is 130 Å². The fourth-order valence-electron chi connectivity index (χ4n) is 3.14. The van der Waals surface area contributed by atoms with E-state index in [2.05, 4.69) is 12.0 Å². The Morgan fingerprint density at radius 1 is 1.11 bits per heavy atom. The number of nitrogens with zero attached hydrogens (tertiary/aromatic N) is 3. The number of hydrogen-bond acceptors (Lipinski definition) is 5. The van der Waals surface area contributed by atoms with E-state index < -0.39 is 10.8 Å². The lowest BCUT2D eigenvalue weighted by Crippen LogP contribution is -2.14. The Hall–Kier alpha value is -2.90. The minimum Gasteiger partial charge on any atom is -0.382 e. The molecule has 1 aromatic carbocycles. The Kier molecular flexibility index (Phi) is 7.34. The predicted molar refractivity (Wildman–Crippen MR) is 105 cm³/mol. The second-order valence-electron chi connectivity index (χ2n) is 6.62. The number of non-ortho nitro benzene ring substituents is 1. The summed E-state index contributed by atoms with van der Waals surface area (Å²) in [5.74, 6) is -0.578. The van der Waals surface area contributed by atoms with Crippen LogP contribution in [0.5, 0.6) is 0 Å². The Labute approximate surface area is 158 Å². The van der Waals surface area contributed by atoms with Crippen molar-refractivity contribution in [3.8, 4) is 11.3 Å². The fourth-order valence-corrected chi connectivity index (χ4v) is 3.14. The highest BCUT2D eigenvalue weighted by atomic mass is 16.6. The number of nitrogens with two attached hydrogens (primary N) is 2. The third-order valence-electron chi connectivity index (χ3n) is 4.55. The quantitative estimate of drug-likeness (QED) is 0.350. The Morgan fingerprint density at radius 2 is 1.70 bits per heavy atom. The van der Waals surface area contributed by atoms with Crippen LogP contribution in [-0.2, 0) is 6.54 Å². The van der Waals surface area contributed by atoms with Gasteiger partial charge in [-0.1, -0.05) is 45.4 Å². The summed E-state index contributed by atoms with van der Waals surface area (Å²) in [5, 5.41) is 15.1. The number of rotatable bonds is 11. The van der Waals surface area contributed by atoms with E-state index >= 15 is 0 Å². The van der Waals surface area contributed by atoms with Gasteiger partial charge in [0.25, 0.3) is 11.6 Å². The number of aromatic nitrogens is 2. The van der Waals surface area contributed by atoms with Gasteiger partial charge in [-0.15, -0.1) is 0 Å². The van der Waals surface area contributed by atoms with E-state index in [9.17, 15) is 14.9 Å². The van der Waals surface area contributed by atoms with Crippen molar-refractivity contribution in [2.24, 2.45) is 5.73 Å². The van der Waals surface area contributed by atoms with Crippen molar-refractivity contribution in [1.82, 2.24) is 9.78 Å². The highest BCUT2D eigenvalue weighted by Crippen LogP contribution is 2.29. The normalized spacial score (nSPS) is 10.9. The fraction of sp³-hybridized carbons (Fsp3) is 0.474. The van der Waals surface area contributed by atoms with Crippen molar-refractivity contribution in [3.63, 3.8) is 0 Å². The second-order valence-corrected chi connectivity index (χ2v) is 6.62. The summed E-state index contributed by atoms with van der Waals surface area (Å²) < 4.78 is 1.68. The van der Waals surface area contributed by atoms with Gasteiger partial charge in [-0.05, 0) is 18.6 Å². The first-order valence-electron chi connectivity index (χ1n) is 9.36. The smallest absolute Gasteiger partial charge is 0.269 e. The number of carbonyl (C=O) groups excluding carboxylic acids is 1. The maximum atomic E-state index is 11.9. The van der Waals surface area contributed by atoms with Crippen molar-refractivity contribution >= 4 is 17.4 Å². The zero-order valence-electron chi connectivity index (χ0n) is 15.7. The summed E-state index contributed by atoms with van der Waals surface area (Å²) in [6, 6.07) is 5.95. The number of carbonyl (C=O) groups is 1. The molecular weight excluding hydrogens is 346 g/mol. The number of hydrogen-bond donors (Lipinski definition) is 2. The van der Waals surface area contributed by atoms with Gasteiger partial charge < -0.3 is 11.5 Å². The predicted octanol–water partition coefficient (Wildman–Crippen LogP) is 3.89. The zero-order valence-corrected chi connectivity index (χ0v) is 15.7. The van der Waals surface area contributed by atoms with Gasteiger partial charge in [-0.3, -0.25) is 19.6 Å². The summed E-state index contributed by atoms with van der Waals surface area (Å²) >= 11 is 0. The number of nitro groups is 1. The minimum absolute atomic E-state index is 0.0227. The molecular formula is C19H27N5O3. The monoisotopic (exact) mass is 373 g/mol. The van der Waals surface area contributed by atoms with Crippen LogP contribution in [0.2, 0.25) is 0 Å². The van der Waals surface area contributed by atoms with Gasteiger partial charge >= 0.3 is 0 Å². The van der Waals surface area contributed by atoms with Crippen LogP contribution in [0.25, 0.3) is 11.3 Å². The highest BCUT2D eigenvalue weighted by Gasteiger charge is 2.22. The van der Waals surface area contributed by atoms with Gasteiger partial charge in [0.05, 0.1) is 10.6 Å². The van der Waals surface area contributed by atoms with Crippen LogP contribution in [0.3, 0.4) is 0 Å². The van der Waals surface area contributed by atoms with Crippen LogP contribution in [0.15, 0.2) is 24.3 Å². The first-order chi connectivity index (χ1) is 13.0. The number of anilines is 1. The number of unbranched alkanes of at least 4 members (excludes halogenated alkanes) is 6. The van der Waals surface area contributed by atoms with E-state index in [1.807, 2.05) is 0 Å². The van der Waals surface area contributed by atoms with Crippen molar-refractivity contribution in [3.05, 3.63) is 39.9 Å². The van der Waals surface area contributed by atoms with Crippen molar-refractivity contribution in [2.45, 2.75) is 58.4 Å². The molecule has 1 aromatic heterocycles. The van der Waals surface area contributed by atoms with Crippen LogP contribution in [0.1, 0.15) is 62.2 Å². The van der Waals surface area contributed by atoms with Crippen LogP contribution in [-0.4, -0.2) is 20.6 Å². The van der Waals surface area contributed by atoms with E-state index in [0.717, 1.165) is 19.3 Å². The molecule has 0 saturated carbocycles. The second kappa shape index (κ2) is 9.70. The van der Waals surface area contributed by atoms with E-state index in [-0.39, 0.29) is 17.1 Å². The molecule has 8 heteroatoms. The molecule has 146 valence electrons. The molecule has 0 radical (unpaired) electrons. The summed E-state index contributed by atoms with van der Waals surface area (Å²) in [6.45, 7) is 2.80. The van der Waals surface area contributed by atoms with Crippen molar-refractivity contribution in [2.75, 3.05) is 5.73 Å². The van der Waals surface area contributed by atoms with E-state index in [4.69, 9.17) is 11.5 Å². The van der Waals surface area contributed by atoms with Gasteiger partial charge in [-0.2, -0.15) is 5.10 Å². The third-order valence-corrected chi connectivity index (χ3v) is 4.55. The first kappa shape index (κ1) is 20.4. The number of nitro benzene ring substituents is 1. The summed E-state index contributed by atoms with van der Waals surface area (Å²) in [6.07, 6.45) is 8.09. The molecule has 1 amide bonds. The number of amides is 1. The Bertz CT molecular complexity index is 783. The van der Waals surface area contributed by atoms with Crippen molar-refractivity contribution < 1.29 is 9.72 Å². The molecule has 8 nitrogen and oxygen atoms in total. The Morgan fingerprint density at radius 3 is 2.26 bits per heavy atom. The molecule has 0 aliphatic carbocycles. The molecule has 1 heterocycles. The average Bonchev–Trinajstić information content (AvgIpc) is 2.97. The van der Waals surface area contributed by atoms with E-state index in [0.29, 0.717) is 17.8 Å². The summed E-state index contributed by atoms with van der Waals surface area (Å²) in [5.41, 5.74) is 12.7. The summed E-state index contributed by atoms with van der Waals surface area (Å²) in [4.78, 5) is 22.2. The molecule has 0 aliphatic heterocycles. The number of primary amides is 1. The summed E-state index contributed by atoms with van der Waals surface area (Å²) in [7, 11) is 0. The molecule has 27 heavy (non-hydrogen) atoms. The SMILES string of the molecule is CCCCCCCCCn1nc(N)c(C(N)=O)c1-c1ccc([N+](=O)[O-])cc1. The van der Waals surface area contributed by atoms with Gasteiger partial charge in [-0.25, -0.2) is 0 Å². The van der Waals surface area contributed by atoms with Crippen LogP contribution in [0.4, 0.5) is 11.5 Å². The molecule has 0 bridgehead atoms. The Balaban J connectivity index is 2.16. The molecule has 0 spiro atoms. The maximum Gasteiger partial charge on any atom is 0.269 e. The lowest BCUT2D eigenvalue weighted by molar-refractivity contribution is -0.384. The molecule has 0 atom stereocenters. The molecule has 2 aromatic rings. The van der Waals surface area contributed by atoms with Crippen LogP contribution < -0.4 is 11.5 Å². The van der Waals surface area contributed by atoms with E-state index in [1.54, 1.807) is 16.8 Å². The first-order valence-corrected chi connectivity index (χ1v) is 9.36. The molecule has 4 N–H and O–H groups in total. The lowest BCUT2D eigenvalue weighted by atomic mass is 10.1. The van der Waals surface area contributed by atoms with Crippen molar-refractivity contribution in [1.29, 1.82) is 0 Å². The largest absolute Gasteiger partial charge is 0.382 e. The number of benzene rings is 1. The average molecular weight is 373 g/mol. The van der Waals surface area contributed by atoms with E-state index in [1.165, 1.54) is 37.8 Å². The highest BCUT2D eigenvalue weighted by molar-refractivity contribution is 6.03. The van der Waals surface area contributed by atoms with Gasteiger partial charge in [0, 0.05) is 24.2 Å². The molecule has 0 saturated heterocycles. The van der Waals surface area contributed by atoms with Gasteiger partial charge in [0.15, 0.2) is 5.82 Å². The number of aryl methyl sites for hydroxylation is 1. The minimum atomic E-state index is -0.660. The number of nitrogen functional groups attached to an aromatic ring is 1. The molecule has 2 rings (SSSR count). The third kappa shape index (κ3) is 5.29. The van der Waals surface area contributed by atoms with Gasteiger partial charge in [0.2, 0.25) is 0 Å². The molecule has 0 fully saturated rings. The van der Waals surface area contributed by atoms with Gasteiger partial charge in [0.1, 0.15) is 5.56 Å². The maximum absolute atomic E-state index is 11.9. The molecule has 0 aliphatic rings. The lowest BCUT2D eigenvalue weighted by Gasteiger charge is -2.09. The van der Waals surface area contributed by atoms with Crippen LogP contribution in [0, 0.1) is 10.1 Å². The standard InChI is InChI=1S/C19H27N5O3/c1-2-3-4-5-6-7-8-13-23-17(16(19(21)25)18(20)22-23)14-9-11-15(12-10-14)24(26)27/h9-12H,2-8,13H2,1H3,(H2,20,22)(H2,21,25). The van der Waals surface area contributed by atoms with Crippen LogP contribution >= 0.6 is 0 Å². The zero-order chi connectivity index (χ0) is 19.8. The molecule has 0 unspecified atom stereocenters.